The molecule has 8 nitrogen and oxygen atoms in total. The SMILES string of the molecule is C[C@@H](O)CN1CCCn2c1nc1c2c(=O)n(C)c(=O)n1C. The van der Waals surface area contributed by atoms with Gasteiger partial charge in [0.05, 0.1) is 6.10 Å². The first-order chi connectivity index (χ1) is 9.91. The fourth-order valence-electron chi connectivity index (χ4n) is 2.90. The predicted molar refractivity (Wildman–Crippen MR) is 78.7 cm³/mol. The second-order valence-electron chi connectivity index (χ2n) is 5.59. The number of aryl methyl sites for hydroxylation is 2. The summed E-state index contributed by atoms with van der Waals surface area (Å²) in [5.41, 5.74) is 0.135. The van der Waals surface area contributed by atoms with Crippen LogP contribution in [0.3, 0.4) is 0 Å². The van der Waals surface area contributed by atoms with Gasteiger partial charge in [0, 0.05) is 33.7 Å². The van der Waals surface area contributed by atoms with Crippen LogP contribution in [0, 0.1) is 0 Å². The van der Waals surface area contributed by atoms with E-state index in [2.05, 4.69) is 4.98 Å². The van der Waals surface area contributed by atoms with Crippen LogP contribution in [0.1, 0.15) is 13.3 Å². The van der Waals surface area contributed by atoms with Gasteiger partial charge in [-0.3, -0.25) is 13.9 Å². The van der Waals surface area contributed by atoms with Crippen LogP contribution in [0.2, 0.25) is 0 Å². The van der Waals surface area contributed by atoms with E-state index in [1.165, 1.54) is 11.6 Å². The molecule has 2 aromatic rings. The van der Waals surface area contributed by atoms with Gasteiger partial charge < -0.3 is 14.6 Å². The maximum Gasteiger partial charge on any atom is 0.332 e. The molecule has 0 bridgehead atoms. The molecule has 0 saturated carbocycles. The zero-order valence-electron chi connectivity index (χ0n) is 12.4. The summed E-state index contributed by atoms with van der Waals surface area (Å²) in [4.78, 5) is 30.8. The van der Waals surface area contributed by atoms with Gasteiger partial charge in [0.2, 0.25) is 5.95 Å². The Balaban J connectivity index is 2.31. The van der Waals surface area contributed by atoms with Gasteiger partial charge in [-0.1, -0.05) is 0 Å². The molecule has 3 heterocycles. The molecule has 1 aliphatic heterocycles. The lowest BCUT2D eigenvalue weighted by Gasteiger charge is -2.29. The van der Waals surface area contributed by atoms with Crippen molar-refractivity contribution in [3.8, 4) is 0 Å². The molecular formula is C13H19N5O3. The molecule has 0 aliphatic carbocycles. The number of aromatic nitrogens is 4. The third-order valence-corrected chi connectivity index (χ3v) is 3.91. The fourth-order valence-corrected chi connectivity index (χ4v) is 2.90. The highest BCUT2D eigenvalue weighted by Gasteiger charge is 2.25. The second kappa shape index (κ2) is 4.73. The molecule has 0 unspecified atom stereocenters. The van der Waals surface area contributed by atoms with Gasteiger partial charge in [-0.2, -0.15) is 4.98 Å². The summed E-state index contributed by atoms with van der Waals surface area (Å²) in [6.07, 6.45) is 0.389. The molecule has 0 saturated heterocycles. The van der Waals surface area contributed by atoms with Crippen molar-refractivity contribution in [2.75, 3.05) is 18.0 Å². The molecule has 1 N–H and O–H groups in total. The van der Waals surface area contributed by atoms with Gasteiger partial charge in [0.25, 0.3) is 5.56 Å². The molecule has 8 heteroatoms. The average Bonchev–Trinajstić information content (AvgIpc) is 2.83. The molecule has 0 fully saturated rings. The lowest BCUT2D eigenvalue weighted by atomic mass is 10.3. The molecule has 0 radical (unpaired) electrons. The van der Waals surface area contributed by atoms with Crippen LogP contribution >= 0.6 is 0 Å². The molecule has 1 aliphatic rings. The first-order valence-corrected chi connectivity index (χ1v) is 7.01. The third kappa shape index (κ3) is 1.98. The summed E-state index contributed by atoms with van der Waals surface area (Å²) >= 11 is 0. The summed E-state index contributed by atoms with van der Waals surface area (Å²) in [5, 5.41) is 9.60. The molecule has 21 heavy (non-hydrogen) atoms. The summed E-state index contributed by atoms with van der Waals surface area (Å²) in [7, 11) is 3.09. The molecule has 0 aromatic carbocycles. The number of imidazole rings is 1. The van der Waals surface area contributed by atoms with Crippen molar-refractivity contribution < 1.29 is 5.11 Å². The van der Waals surface area contributed by atoms with Crippen LogP contribution in [0.15, 0.2) is 9.59 Å². The van der Waals surface area contributed by atoms with Crippen molar-refractivity contribution in [3.63, 3.8) is 0 Å². The number of fused-ring (bicyclic) bond motifs is 3. The molecule has 2 aromatic heterocycles. The first-order valence-electron chi connectivity index (χ1n) is 7.01. The van der Waals surface area contributed by atoms with Crippen molar-refractivity contribution >= 4 is 17.1 Å². The topological polar surface area (TPSA) is 85.3 Å². The normalized spacial score (nSPS) is 16.3. The van der Waals surface area contributed by atoms with Gasteiger partial charge in [0.1, 0.15) is 0 Å². The van der Waals surface area contributed by atoms with Crippen molar-refractivity contribution in [2.24, 2.45) is 14.1 Å². The Morgan fingerprint density at radius 2 is 1.95 bits per heavy atom. The minimum Gasteiger partial charge on any atom is -0.392 e. The molecule has 114 valence electrons. The predicted octanol–water partition coefficient (Wildman–Crippen LogP) is -0.975. The lowest BCUT2D eigenvalue weighted by Crippen LogP contribution is -2.39. The van der Waals surface area contributed by atoms with Gasteiger partial charge in [-0.25, -0.2) is 4.79 Å². The fraction of sp³-hybridized carbons (Fsp3) is 0.615. The third-order valence-electron chi connectivity index (χ3n) is 3.91. The highest BCUT2D eigenvalue weighted by molar-refractivity contribution is 5.74. The van der Waals surface area contributed by atoms with E-state index in [9.17, 15) is 14.7 Å². The lowest BCUT2D eigenvalue weighted by molar-refractivity contribution is 0.198. The Hall–Kier alpha value is -2.09. The molecule has 0 amide bonds. The Morgan fingerprint density at radius 3 is 2.62 bits per heavy atom. The van der Waals surface area contributed by atoms with E-state index in [0.29, 0.717) is 30.2 Å². The standard InChI is InChI=1S/C13H19N5O3/c1-8(19)7-17-5-4-6-18-9-10(14-12(17)18)15(2)13(21)16(3)11(9)20/h8,19H,4-7H2,1-3H3/t8-/m1/s1. The van der Waals surface area contributed by atoms with E-state index in [1.54, 1.807) is 14.0 Å². The van der Waals surface area contributed by atoms with Gasteiger partial charge >= 0.3 is 5.69 Å². The van der Waals surface area contributed by atoms with Crippen molar-refractivity contribution in [1.82, 2.24) is 18.7 Å². The Kier molecular flexibility index (Phi) is 3.12. The number of aliphatic hydroxyl groups excluding tert-OH is 1. The highest BCUT2D eigenvalue weighted by Crippen LogP contribution is 2.24. The maximum absolute atomic E-state index is 12.4. The molecule has 1 atom stereocenters. The Bertz CT molecular complexity index is 814. The monoisotopic (exact) mass is 293 g/mol. The van der Waals surface area contributed by atoms with Gasteiger partial charge in [-0.05, 0) is 13.3 Å². The maximum atomic E-state index is 12.4. The van der Waals surface area contributed by atoms with Crippen LogP contribution in [0.5, 0.6) is 0 Å². The first kappa shape index (κ1) is 13.9. The quantitative estimate of drug-likeness (QED) is 0.769. The zero-order chi connectivity index (χ0) is 15.3. The number of anilines is 1. The number of nitrogens with zero attached hydrogens (tertiary/aromatic N) is 5. The minimum atomic E-state index is -0.483. The number of rotatable bonds is 2. The number of β-amino-alcohol motifs (C(OH)–C–C–N with tert-alkyl or cyclic N) is 1. The van der Waals surface area contributed by atoms with Crippen LogP contribution in [-0.2, 0) is 20.6 Å². The van der Waals surface area contributed by atoms with Crippen molar-refractivity contribution in [1.29, 1.82) is 0 Å². The van der Waals surface area contributed by atoms with Crippen molar-refractivity contribution in [3.05, 3.63) is 20.8 Å². The number of hydrogen-bond donors (Lipinski definition) is 1. The number of hydrogen-bond acceptors (Lipinski definition) is 5. The zero-order valence-corrected chi connectivity index (χ0v) is 12.4. The van der Waals surface area contributed by atoms with Crippen molar-refractivity contribution in [2.45, 2.75) is 26.0 Å². The smallest absolute Gasteiger partial charge is 0.332 e. The summed E-state index contributed by atoms with van der Waals surface area (Å²) in [6, 6.07) is 0. The van der Waals surface area contributed by atoms with Crippen LogP contribution in [-0.4, -0.2) is 43.0 Å². The summed E-state index contributed by atoms with van der Waals surface area (Å²) < 4.78 is 4.34. The van der Waals surface area contributed by atoms with E-state index in [4.69, 9.17) is 0 Å². The molecule has 3 rings (SSSR count). The molecular weight excluding hydrogens is 274 g/mol. The van der Waals surface area contributed by atoms with E-state index < -0.39 is 6.10 Å². The minimum absolute atomic E-state index is 0.328. The van der Waals surface area contributed by atoms with Crippen LogP contribution in [0.25, 0.3) is 11.2 Å². The summed E-state index contributed by atoms with van der Waals surface area (Å²) in [6.45, 7) is 3.64. The van der Waals surface area contributed by atoms with E-state index in [1.807, 2.05) is 9.47 Å². The Morgan fingerprint density at radius 1 is 1.24 bits per heavy atom. The van der Waals surface area contributed by atoms with E-state index >= 15 is 0 Å². The highest BCUT2D eigenvalue weighted by atomic mass is 16.3. The van der Waals surface area contributed by atoms with Gasteiger partial charge in [-0.15, -0.1) is 0 Å². The molecule has 0 spiro atoms. The van der Waals surface area contributed by atoms with Crippen LogP contribution in [0.4, 0.5) is 5.95 Å². The summed E-state index contributed by atoms with van der Waals surface area (Å²) in [5.74, 6) is 0.649. The Labute approximate surface area is 120 Å². The van der Waals surface area contributed by atoms with E-state index in [0.717, 1.165) is 17.5 Å². The van der Waals surface area contributed by atoms with E-state index in [-0.39, 0.29) is 11.2 Å². The number of aliphatic hydroxyl groups is 1. The largest absolute Gasteiger partial charge is 0.392 e. The second-order valence-corrected chi connectivity index (χ2v) is 5.59. The van der Waals surface area contributed by atoms with Gasteiger partial charge in [0.15, 0.2) is 11.2 Å². The average molecular weight is 293 g/mol. The van der Waals surface area contributed by atoms with Crippen LogP contribution < -0.4 is 16.1 Å².